The van der Waals surface area contributed by atoms with Crippen molar-refractivity contribution in [1.29, 1.82) is 0 Å². The summed E-state index contributed by atoms with van der Waals surface area (Å²) in [7, 11) is -3.07. The number of sulfone groups is 1. The fourth-order valence-corrected chi connectivity index (χ4v) is 1.22. The maximum Gasteiger partial charge on any atom is 0.407 e. The number of hydrogen-bond acceptors (Lipinski definition) is 3. The van der Waals surface area contributed by atoms with Crippen LogP contribution >= 0.6 is 0 Å². The lowest BCUT2D eigenvalue weighted by Gasteiger charge is -2.15. The van der Waals surface area contributed by atoms with Gasteiger partial charge in [0.15, 0.2) is 0 Å². The Morgan fingerprint density at radius 3 is 2.25 bits per heavy atom. The number of hydrogen-bond donors (Lipinski definition) is 1. The molecule has 0 aliphatic rings. The van der Waals surface area contributed by atoms with E-state index in [9.17, 15) is 13.2 Å². The van der Waals surface area contributed by atoms with Crippen molar-refractivity contribution in [3.8, 4) is 0 Å². The van der Waals surface area contributed by atoms with Gasteiger partial charge in [-0.25, -0.2) is 13.2 Å². The van der Waals surface area contributed by atoms with Gasteiger partial charge in [0.1, 0.15) is 9.84 Å². The number of amides is 1. The highest BCUT2D eigenvalue weighted by Gasteiger charge is 2.11. The van der Waals surface area contributed by atoms with Gasteiger partial charge < -0.3 is 10.0 Å². The van der Waals surface area contributed by atoms with E-state index in [4.69, 9.17) is 5.11 Å². The Kier molecular flexibility index (Phi) is 4.02. The molecule has 12 heavy (non-hydrogen) atoms. The van der Waals surface area contributed by atoms with Crippen LogP contribution in [0.3, 0.4) is 0 Å². The first-order valence-electron chi connectivity index (χ1n) is 3.52. The predicted molar refractivity (Wildman–Crippen MR) is 45.0 cm³/mol. The molecule has 6 heteroatoms. The van der Waals surface area contributed by atoms with Gasteiger partial charge in [-0.15, -0.1) is 0 Å². The minimum absolute atomic E-state index is 0.0463. The van der Waals surface area contributed by atoms with Crippen LogP contribution in [0.2, 0.25) is 0 Å². The highest BCUT2D eigenvalue weighted by molar-refractivity contribution is 7.90. The van der Waals surface area contributed by atoms with E-state index < -0.39 is 15.9 Å². The first-order valence-corrected chi connectivity index (χ1v) is 5.58. The van der Waals surface area contributed by atoms with E-state index in [1.807, 2.05) is 0 Å². The van der Waals surface area contributed by atoms with Gasteiger partial charge in [0.25, 0.3) is 0 Å². The second kappa shape index (κ2) is 4.30. The molecule has 0 atom stereocenters. The van der Waals surface area contributed by atoms with Crippen LogP contribution < -0.4 is 0 Å². The van der Waals surface area contributed by atoms with Crippen molar-refractivity contribution in [2.24, 2.45) is 0 Å². The molecule has 0 aliphatic heterocycles. The van der Waals surface area contributed by atoms with Gasteiger partial charge in [0.2, 0.25) is 0 Å². The van der Waals surface area contributed by atoms with Crippen LogP contribution in [0.25, 0.3) is 0 Å². The molecule has 0 saturated carbocycles. The molecule has 0 unspecified atom stereocenters. The average Bonchev–Trinajstić information content (AvgIpc) is 1.85. The Bertz CT molecular complexity index is 246. The van der Waals surface area contributed by atoms with E-state index in [0.717, 1.165) is 11.2 Å². The van der Waals surface area contributed by atoms with Crippen LogP contribution in [0.15, 0.2) is 0 Å². The summed E-state index contributed by atoms with van der Waals surface area (Å²) in [6, 6.07) is 0. The van der Waals surface area contributed by atoms with E-state index in [-0.39, 0.29) is 12.3 Å². The van der Waals surface area contributed by atoms with Crippen molar-refractivity contribution < 1.29 is 18.3 Å². The van der Waals surface area contributed by atoms with Gasteiger partial charge in [-0.05, 0) is 6.92 Å². The van der Waals surface area contributed by atoms with Crippen molar-refractivity contribution in [1.82, 2.24) is 4.90 Å². The summed E-state index contributed by atoms with van der Waals surface area (Å²) in [5.74, 6) is -0.118. The van der Waals surface area contributed by atoms with E-state index in [1.54, 1.807) is 6.92 Å². The zero-order valence-corrected chi connectivity index (χ0v) is 7.97. The fourth-order valence-electron chi connectivity index (χ4n) is 0.665. The molecular formula is C6H13NO4S. The highest BCUT2D eigenvalue weighted by Crippen LogP contribution is 1.91. The van der Waals surface area contributed by atoms with Crippen molar-refractivity contribution in [2.45, 2.75) is 6.92 Å². The molecule has 72 valence electrons. The minimum atomic E-state index is -3.07. The lowest BCUT2D eigenvalue weighted by atomic mass is 10.6. The van der Waals surface area contributed by atoms with Gasteiger partial charge in [-0.2, -0.15) is 0 Å². The highest BCUT2D eigenvalue weighted by atomic mass is 32.2. The van der Waals surface area contributed by atoms with Crippen molar-refractivity contribution >= 4 is 15.9 Å². The summed E-state index contributed by atoms with van der Waals surface area (Å²) >= 11 is 0. The number of carbonyl (C=O) groups is 1. The lowest BCUT2D eigenvalue weighted by Crippen LogP contribution is -2.33. The molecular weight excluding hydrogens is 182 g/mol. The molecule has 0 aliphatic carbocycles. The number of nitrogens with zero attached hydrogens (tertiary/aromatic N) is 1. The molecule has 0 aromatic rings. The molecule has 0 aromatic carbocycles. The molecule has 0 rings (SSSR count). The minimum Gasteiger partial charge on any atom is -0.465 e. The van der Waals surface area contributed by atoms with Crippen molar-refractivity contribution in [3.05, 3.63) is 0 Å². The summed E-state index contributed by atoms with van der Waals surface area (Å²) in [5, 5.41) is 8.50. The van der Waals surface area contributed by atoms with E-state index >= 15 is 0 Å². The lowest BCUT2D eigenvalue weighted by molar-refractivity contribution is 0.150. The van der Waals surface area contributed by atoms with Crippen LogP contribution in [0.5, 0.6) is 0 Å². The molecule has 1 N–H and O–H groups in total. The van der Waals surface area contributed by atoms with Crippen molar-refractivity contribution in [3.63, 3.8) is 0 Å². The van der Waals surface area contributed by atoms with Crippen LogP contribution in [0.1, 0.15) is 6.92 Å². The third kappa shape index (κ3) is 4.95. The molecule has 0 heterocycles. The average molecular weight is 195 g/mol. The maximum absolute atomic E-state index is 10.7. The second-order valence-electron chi connectivity index (χ2n) is 2.49. The zero-order valence-electron chi connectivity index (χ0n) is 7.15. The Labute approximate surface area is 71.9 Å². The SMILES string of the molecule is CCN(CCS(C)(=O)=O)C(=O)O. The molecule has 0 radical (unpaired) electrons. The Morgan fingerprint density at radius 1 is 1.50 bits per heavy atom. The predicted octanol–water partition coefficient (Wildman–Crippen LogP) is 0.0309. The summed E-state index contributed by atoms with van der Waals surface area (Å²) in [6.45, 7) is 2.02. The molecule has 0 aromatic heterocycles. The van der Waals surface area contributed by atoms with E-state index in [2.05, 4.69) is 0 Å². The van der Waals surface area contributed by atoms with E-state index in [1.165, 1.54) is 0 Å². The van der Waals surface area contributed by atoms with Gasteiger partial charge in [0, 0.05) is 19.3 Å². The Morgan fingerprint density at radius 2 is 2.00 bits per heavy atom. The van der Waals surface area contributed by atoms with Gasteiger partial charge in [-0.1, -0.05) is 0 Å². The largest absolute Gasteiger partial charge is 0.465 e. The summed E-state index contributed by atoms with van der Waals surface area (Å²) in [6.07, 6.45) is 0.00373. The van der Waals surface area contributed by atoms with Crippen LogP contribution in [-0.2, 0) is 9.84 Å². The van der Waals surface area contributed by atoms with Gasteiger partial charge in [-0.3, -0.25) is 0 Å². The Balaban J connectivity index is 3.98. The van der Waals surface area contributed by atoms with Crippen LogP contribution in [-0.4, -0.2) is 49.6 Å². The first-order chi connectivity index (χ1) is 5.37. The summed E-state index contributed by atoms with van der Waals surface area (Å²) in [5.41, 5.74) is 0. The smallest absolute Gasteiger partial charge is 0.407 e. The molecule has 1 amide bonds. The quantitative estimate of drug-likeness (QED) is 0.686. The first kappa shape index (κ1) is 11.2. The molecule has 0 saturated heterocycles. The number of rotatable bonds is 4. The Hall–Kier alpha value is -0.780. The summed E-state index contributed by atoms with van der Waals surface area (Å²) < 4.78 is 21.3. The molecule has 5 nitrogen and oxygen atoms in total. The van der Waals surface area contributed by atoms with Gasteiger partial charge >= 0.3 is 6.09 Å². The van der Waals surface area contributed by atoms with Crippen molar-refractivity contribution in [2.75, 3.05) is 25.1 Å². The monoisotopic (exact) mass is 195 g/mol. The zero-order chi connectivity index (χ0) is 9.78. The number of carboxylic acid groups (broad SMARTS) is 1. The van der Waals surface area contributed by atoms with E-state index in [0.29, 0.717) is 6.54 Å². The molecule has 0 fully saturated rings. The third-order valence-electron chi connectivity index (χ3n) is 1.38. The normalized spacial score (nSPS) is 11.2. The van der Waals surface area contributed by atoms with Crippen LogP contribution in [0, 0.1) is 0 Å². The maximum atomic E-state index is 10.7. The molecule has 0 bridgehead atoms. The summed E-state index contributed by atoms with van der Waals surface area (Å²) in [4.78, 5) is 11.4. The molecule has 0 spiro atoms. The van der Waals surface area contributed by atoms with Gasteiger partial charge in [0.05, 0.1) is 5.75 Å². The third-order valence-corrected chi connectivity index (χ3v) is 2.31. The second-order valence-corrected chi connectivity index (χ2v) is 4.75. The fraction of sp³-hybridized carbons (Fsp3) is 0.833. The topological polar surface area (TPSA) is 74.7 Å². The standard InChI is InChI=1S/C6H13NO4S/c1-3-7(6(8)9)4-5-12(2,10)11/h3-5H2,1-2H3,(H,8,9). The van der Waals surface area contributed by atoms with Crippen LogP contribution in [0.4, 0.5) is 4.79 Å².